The van der Waals surface area contributed by atoms with E-state index in [0.29, 0.717) is 0 Å². The summed E-state index contributed by atoms with van der Waals surface area (Å²) in [6, 6.07) is 12.4. The maximum atomic E-state index is 11.7. The SMILES string of the molecule is CCN(CC)CCn1nc2c3c(c(NC(C)=O)ccc31)Sc1ccccc1-2.Cl. The molecule has 148 valence electrons. The van der Waals surface area contributed by atoms with Gasteiger partial charge in [0.05, 0.1) is 17.7 Å². The summed E-state index contributed by atoms with van der Waals surface area (Å²) in [5, 5.41) is 9.11. The van der Waals surface area contributed by atoms with Crippen molar-refractivity contribution in [2.75, 3.05) is 25.0 Å². The summed E-state index contributed by atoms with van der Waals surface area (Å²) in [4.78, 5) is 16.3. The predicted molar refractivity (Wildman–Crippen MR) is 119 cm³/mol. The van der Waals surface area contributed by atoms with Crippen molar-refractivity contribution < 1.29 is 4.79 Å². The summed E-state index contributed by atoms with van der Waals surface area (Å²) in [5.74, 6) is -0.0551. The van der Waals surface area contributed by atoms with E-state index in [4.69, 9.17) is 5.10 Å². The molecule has 2 heterocycles. The second-order valence-corrected chi connectivity index (χ2v) is 7.77. The molecule has 1 aliphatic rings. The minimum atomic E-state index is -0.0551. The summed E-state index contributed by atoms with van der Waals surface area (Å²) >= 11 is 1.71. The topological polar surface area (TPSA) is 50.2 Å². The minimum Gasteiger partial charge on any atom is -0.325 e. The molecule has 28 heavy (non-hydrogen) atoms. The number of nitrogens with one attached hydrogen (secondary N) is 1. The Morgan fingerprint density at radius 1 is 1.18 bits per heavy atom. The lowest BCUT2D eigenvalue weighted by atomic mass is 10.1. The third-order valence-corrected chi connectivity index (χ3v) is 6.26. The lowest BCUT2D eigenvalue weighted by Gasteiger charge is -2.18. The van der Waals surface area contributed by atoms with Gasteiger partial charge in [0.25, 0.3) is 0 Å². The summed E-state index contributed by atoms with van der Waals surface area (Å²) in [7, 11) is 0. The van der Waals surface area contributed by atoms with E-state index in [0.717, 1.165) is 53.4 Å². The van der Waals surface area contributed by atoms with Crippen LogP contribution in [0.2, 0.25) is 0 Å². The van der Waals surface area contributed by atoms with E-state index in [1.165, 1.54) is 10.5 Å². The fourth-order valence-corrected chi connectivity index (χ4v) is 4.80. The number of nitrogens with zero attached hydrogens (tertiary/aromatic N) is 3. The standard InChI is InChI=1S/C21H24N4OS.ClH/c1-4-24(5-2)12-13-25-17-11-10-16(22-14(3)26)21-19(17)20(23-25)15-8-6-7-9-18(15)27-21;/h6-11H,4-5,12-13H2,1-3H3,(H,22,26);1H. The van der Waals surface area contributed by atoms with Crippen molar-refractivity contribution in [3.8, 4) is 11.3 Å². The van der Waals surface area contributed by atoms with Gasteiger partial charge in [0.2, 0.25) is 5.91 Å². The quantitative estimate of drug-likeness (QED) is 0.486. The third kappa shape index (κ3) is 3.64. The molecule has 0 aliphatic carbocycles. The highest BCUT2D eigenvalue weighted by atomic mass is 35.5. The van der Waals surface area contributed by atoms with Crippen LogP contribution in [0.15, 0.2) is 46.2 Å². The van der Waals surface area contributed by atoms with Gasteiger partial charge < -0.3 is 10.2 Å². The molecule has 0 atom stereocenters. The molecule has 1 amide bonds. The number of hydrogen-bond acceptors (Lipinski definition) is 4. The van der Waals surface area contributed by atoms with Crippen LogP contribution in [-0.4, -0.2) is 40.2 Å². The average Bonchev–Trinajstić information content (AvgIpc) is 3.04. The first-order valence-electron chi connectivity index (χ1n) is 9.43. The lowest BCUT2D eigenvalue weighted by molar-refractivity contribution is -0.114. The van der Waals surface area contributed by atoms with E-state index in [1.807, 2.05) is 12.1 Å². The van der Waals surface area contributed by atoms with E-state index < -0.39 is 0 Å². The van der Waals surface area contributed by atoms with Crippen LogP contribution in [0.1, 0.15) is 20.8 Å². The van der Waals surface area contributed by atoms with E-state index in [1.54, 1.807) is 18.7 Å². The Balaban J connectivity index is 0.00000225. The molecule has 0 unspecified atom stereocenters. The van der Waals surface area contributed by atoms with E-state index in [-0.39, 0.29) is 18.3 Å². The second-order valence-electron chi connectivity index (χ2n) is 6.71. The zero-order valence-electron chi connectivity index (χ0n) is 16.4. The van der Waals surface area contributed by atoms with Crippen molar-refractivity contribution in [1.82, 2.24) is 14.7 Å². The number of aromatic nitrogens is 2. The van der Waals surface area contributed by atoms with Crippen molar-refractivity contribution in [2.24, 2.45) is 0 Å². The van der Waals surface area contributed by atoms with Gasteiger partial charge in [-0.25, -0.2) is 0 Å². The molecule has 2 aromatic carbocycles. The van der Waals surface area contributed by atoms with E-state index >= 15 is 0 Å². The molecular formula is C21H25ClN4OS. The number of amides is 1. The van der Waals surface area contributed by atoms with E-state index in [2.05, 4.69) is 53.0 Å². The van der Waals surface area contributed by atoms with Gasteiger partial charge in [-0.3, -0.25) is 9.48 Å². The number of anilines is 1. The van der Waals surface area contributed by atoms with Gasteiger partial charge in [-0.2, -0.15) is 5.10 Å². The van der Waals surface area contributed by atoms with Gasteiger partial charge in [0.1, 0.15) is 5.69 Å². The Morgan fingerprint density at radius 2 is 1.93 bits per heavy atom. The number of rotatable bonds is 6. The summed E-state index contributed by atoms with van der Waals surface area (Å²) in [6.07, 6.45) is 0. The highest BCUT2D eigenvalue weighted by Gasteiger charge is 2.26. The zero-order valence-corrected chi connectivity index (χ0v) is 18.0. The normalized spacial score (nSPS) is 12.0. The van der Waals surface area contributed by atoms with Crippen LogP contribution < -0.4 is 5.32 Å². The Labute approximate surface area is 175 Å². The third-order valence-electron chi connectivity index (χ3n) is 5.06. The Kier molecular flexibility index (Phi) is 6.33. The highest BCUT2D eigenvalue weighted by Crippen LogP contribution is 2.50. The number of benzene rings is 2. The smallest absolute Gasteiger partial charge is 0.221 e. The van der Waals surface area contributed by atoms with Gasteiger partial charge in [0.15, 0.2) is 0 Å². The van der Waals surface area contributed by atoms with Crippen LogP contribution in [-0.2, 0) is 11.3 Å². The molecule has 0 bridgehead atoms. The van der Waals surface area contributed by atoms with Crippen molar-refractivity contribution in [3.63, 3.8) is 0 Å². The summed E-state index contributed by atoms with van der Waals surface area (Å²) < 4.78 is 2.12. The van der Waals surface area contributed by atoms with Crippen LogP contribution in [0.25, 0.3) is 22.2 Å². The number of carbonyl (C=O) groups excluding carboxylic acids is 1. The number of hydrogen-bond donors (Lipinski definition) is 1. The molecule has 0 saturated heterocycles. The Bertz CT molecular complexity index is 1010. The van der Waals surface area contributed by atoms with E-state index in [9.17, 15) is 4.79 Å². The van der Waals surface area contributed by atoms with Crippen LogP contribution >= 0.6 is 24.2 Å². The van der Waals surface area contributed by atoms with Gasteiger partial charge in [0, 0.05) is 34.2 Å². The summed E-state index contributed by atoms with van der Waals surface area (Å²) in [5.41, 5.74) is 4.17. The molecule has 7 heteroatoms. The van der Waals surface area contributed by atoms with Gasteiger partial charge in [-0.05, 0) is 31.3 Å². The van der Waals surface area contributed by atoms with Crippen LogP contribution in [0.4, 0.5) is 5.69 Å². The Morgan fingerprint density at radius 3 is 2.64 bits per heavy atom. The molecular weight excluding hydrogens is 392 g/mol. The van der Waals surface area contributed by atoms with Crippen LogP contribution in [0.5, 0.6) is 0 Å². The summed E-state index contributed by atoms with van der Waals surface area (Å²) in [6.45, 7) is 9.83. The molecule has 1 aliphatic heterocycles. The fraction of sp³-hybridized carbons (Fsp3) is 0.333. The molecule has 0 radical (unpaired) electrons. The second kappa shape index (κ2) is 8.55. The number of halogens is 1. The molecule has 1 N–H and O–H groups in total. The first kappa shape index (κ1) is 20.7. The van der Waals surface area contributed by atoms with Crippen molar-refractivity contribution in [3.05, 3.63) is 36.4 Å². The average molecular weight is 417 g/mol. The minimum absolute atomic E-state index is 0. The molecule has 0 fully saturated rings. The van der Waals surface area contributed by atoms with Crippen molar-refractivity contribution in [1.29, 1.82) is 0 Å². The maximum Gasteiger partial charge on any atom is 0.221 e. The molecule has 4 rings (SSSR count). The fourth-order valence-electron chi connectivity index (χ4n) is 3.63. The predicted octanol–water partition coefficient (Wildman–Crippen LogP) is 4.89. The number of likely N-dealkylation sites (N-methyl/N-ethyl adjacent to an activating group) is 1. The van der Waals surface area contributed by atoms with Gasteiger partial charge in [-0.15, -0.1) is 12.4 Å². The number of carbonyl (C=O) groups is 1. The molecule has 0 saturated carbocycles. The molecule has 5 nitrogen and oxygen atoms in total. The maximum absolute atomic E-state index is 11.7. The van der Waals surface area contributed by atoms with Crippen LogP contribution in [0.3, 0.4) is 0 Å². The zero-order chi connectivity index (χ0) is 19.0. The van der Waals surface area contributed by atoms with Crippen LogP contribution in [0, 0.1) is 0 Å². The van der Waals surface area contributed by atoms with Crippen molar-refractivity contribution in [2.45, 2.75) is 37.1 Å². The number of fused-ring (bicyclic) bond motifs is 2. The Hall–Kier alpha value is -2.02. The molecule has 0 spiro atoms. The van der Waals surface area contributed by atoms with Gasteiger partial charge in [-0.1, -0.05) is 43.8 Å². The monoisotopic (exact) mass is 416 g/mol. The molecule has 3 aromatic rings. The highest BCUT2D eigenvalue weighted by molar-refractivity contribution is 8.00. The first-order valence-corrected chi connectivity index (χ1v) is 10.2. The van der Waals surface area contributed by atoms with Gasteiger partial charge >= 0.3 is 0 Å². The lowest BCUT2D eigenvalue weighted by Crippen LogP contribution is -2.27. The van der Waals surface area contributed by atoms with Crippen molar-refractivity contribution >= 4 is 46.7 Å². The molecule has 1 aromatic heterocycles. The largest absolute Gasteiger partial charge is 0.325 e. The first-order chi connectivity index (χ1) is 13.1.